The summed E-state index contributed by atoms with van der Waals surface area (Å²) in [4.78, 5) is 17.2. The second-order valence-electron chi connectivity index (χ2n) is 6.28. The number of hydrogen-bond donors (Lipinski definition) is 5. The minimum absolute atomic E-state index is 0.0696. The summed E-state index contributed by atoms with van der Waals surface area (Å²) in [5.74, 6) is -0.629. The van der Waals surface area contributed by atoms with Gasteiger partial charge < -0.3 is 21.6 Å². The molecule has 7 nitrogen and oxygen atoms in total. The molecule has 0 bridgehead atoms. The minimum atomic E-state index is -0.607. The Morgan fingerprint density at radius 3 is 2.78 bits per heavy atom. The molecular weight excluding hydrogens is 351 g/mol. The number of nitrogens with one attached hydrogen (secondary N) is 3. The van der Waals surface area contributed by atoms with Crippen LogP contribution in [0.1, 0.15) is 40.2 Å². The van der Waals surface area contributed by atoms with E-state index < -0.39 is 11.7 Å². The lowest BCUT2D eigenvalue weighted by atomic mass is 10.0. The number of carbonyl (C=O) groups excluding carboxylic acids is 1. The van der Waals surface area contributed by atoms with Crippen molar-refractivity contribution >= 4 is 29.2 Å². The molecule has 1 aliphatic rings. The highest BCUT2D eigenvalue weighted by molar-refractivity contribution is 6.05. The summed E-state index contributed by atoms with van der Waals surface area (Å²) in [6, 6.07) is 7.93. The van der Waals surface area contributed by atoms with Crippen molar-refractivity contribution in [3.63, 3.8) is 0 Å². The van der Waals surface area contributed by atoms with E-state index in [0.29, 0.717) is 11.5 Å². The van der Waals surface area contributed by atoms with Gasteiger partial charge in [-0.1, -0.05) is 12.1 Å². The van der Waals surface area contributed by atoms with E-state index in [1.54, 1.807) is 6.07 Å². The number of nitrogen functional groups attached to an aromatic ring is 1. The second kappa shape index (κ2) is 8.15. The third kappa shape index (κ3) is 4.24. The lowest BCUT2D eigenvalue weighted by molar-refractivity contribution is 0.0169. The number of hydrogen-bond acceptors (Lipinski definition) is 6. The van der Waals surface area contributed by atoms with Crippen LogP contribution >= 0.6 is 0 Å². The fraction of sp³-hybridized carbons (Fsp3) is 0.263. The molecular formula is C19H21FN4O3. The summed E-state index contributed by atoms with van der Waals surface area (Å²) >= 11 is 0. The lowest BCUT2D eigenvalue weighted by Gasteiger charge is -2.17. The van der Waals surface area contributed by atoms with E-state index >= 15 is 0 Å². The highest BCUT2D eigenvalue weighted by Crippen LogP contribution is 2.41. The van der Waals surface area contributed by atoms with E-state index in [2.05, 4.69) is 10.8 Å². The van der Waals surface area contributed by atoms with Gasteiger partial charge in [-0.15, -0.1) is 0 Å². The number of aliphatic hydroxyl groups excluding tert-OH is 1. The number of carbonyl (C=O) groups is 1. The predicted molar refractivity (Wildman–Crippen MR) is 101 cm³/mol. The van der Waals surface area contributed by atoms with Crippen LogP contribution in [-0.4, -0.2) is 30.4 Å². The van der Waals surface area contributed by atoms with Crippen LogP contribution in [0.4, 0.5) is 21.5 Å². The minimum Gasteiger partial charge on any atom is -0.396 e. The summed E-state index contributed by atoms with van der Waals surface area (Å²) in [5.41, 5.74) is 10.2. The van der Waals surface area contributed by atoms with Crippen molar-refractivity contribution in [2.24, 2.45) is 0 Å². The van der Waals surface area contributed by atoms with Crippen molar-refractivity contribution in [3.05, 3.63) is 52.8 Å². The summed E-state index contributed by atoms with van der Waals surface area (Å²) in [5, 5.41) is 19.0. The van der Waals surface area contributed by atoms with Gasteiger partial charge in [0.15, 0.2) is 0 Å². The molecule has 0 aliphatic heterocycles. The van der Waals surface area contributed by atoms with Crippen LogP contribution in [-0.2, 0) is 4.84 Å². The van der Waals surface area contributed by atoms with Crippen LogP contribution in [0.2, 0.25) is 0 Å². The molecule has 3 rings (SSSR count). The Morgan fingerprint density at radius 1 is 1.37 bits per heavy atom. The molecule has 27 heavy (non-hydrogen) atoms. The summed E-state index contributed by atoms with van der Waals surface area (Å²) < 4.78 is 14.5. The highest BCUT2D eigenvalue weighted by atomic mass is 19.1. The average molecular weight is 372 g/mol. The Bertz CT molecular complexity index is 868. The molecule has 0 radical (unpaired) electrons. The normalized spacial score (nSPS) is 13.3. The smallest absolute Gasteiger partial charge is 0.277 e. The van der Waals surface area contributed by atoms with Gasteiger partial charge in [-0.25, -0.2) is 9.87 Å². The summed E-state index contributed by atoms with van der Waals surface area (Å²) in [7, 11) is 0. The number of amides is 1. The van der Waals surface area contributed by atoms with Crippen LogP contribution < -0.4 is 16.5 Å². The van der Waals surface area contributed by atoms with Gasteiger partial charge >= 0.3 is 0 Å². The van der Waals surface area contributed by atoms with Crippen molar-refractivity contribution in [2.75, 3.05) is 24.3 Å². The Hall–Kier alpha value is -2.97. The average Bonchev–Trinajstić information content (AvgIpc) is 3.50. The van der Waals surface area contributed by atoms with Crippen LogP contribution in [0.15, 0.2) is 30.3 Å². The molecule has 0 aromatic heterocycles. The van der Waals surface area contributed by atoms with E-state index in [-0.39, 0.29) is 35.8 Å². The fourth-order valence-electron chi connectivity index (χ4n) is 2.74. The number of aliphatic hydroxyl groups is 1. The van der Waals surface area contributed by atoms with Gasteiger partial charge in [0.2, 0.25) is 0 Å². The van der Waals surface area contributed by atoms with E-state index in [1.165, 1.54) is 18.2 Å². The van der Waals surface area contributed by atoms with Gasteiger partial charge in [-0.3, -0.25) is 9.63 Å². The van der Waals surface area contributed by atoms with Crippen LogP contribution in [0, 0.1) is 11.2 Å². The number of benzene rings is 2. The van der Waals surface area contributed by atoms with Crippen molar-refractivity contribution in [1.29, 1.82) is 5.41 Å². The molecule has 8 heteroatoms. The van der Waals surface area contributed by atoms with Gasteiger partial charge in [-0.05, 0) is 42.5 Å². The molecule has 1 fully saturated rings. The second-order valence-corrected chi connectivity index (χ2v) is 6.28. The highest BCUT2D eigenvalue weighted by Gasteiger charge is 2.24. The Morgan fingerprint density at radius 2 is 2.15 bits per heavy atom. The molecule has 1 amide bonds. The SMILES string of the molecule is N=Cc1ccc(C(=O)NOCCO)c(Nc2ccc(C3CC3)cc2F)c1N. The van der Waals surface area contributed by atoms with Crippen LogP contribution in [0.3, 0.4) is 0 Å². The summed E-state index contributed by atoms with van der Waals surface area (Å²) in [6.45, 7) is -0.321. The van der Waals surface area contributed by atoms with E-state index in [9.17, 15) is 9.18 Å². The molecule has 1 saturated carbocycles. The maximum absolute atomic E-state index is 14.5. The number of rotatable bonds is 8. The molecule has 142 valence electrons. The maximum atomic E-state index is 14.5. The van der Waals surface area contributed by atoms with Crippen LogP contribution in [0.25, 0.3) is 0 Å². The monoisotopic (exact) mass is 372 g/mol. The van der Waals surface area contributed by atoms with Gasteiger partial charge in [0.1, 0.15) is 5.82 Å². The van der Waals surface area contributed by atoms with Gasteiger partial charge in [-0.2, -0.15) is 0 Å². The molecule has 2 aromatic carbocycles. The zero-order valence-corrected chi connectivity index (χ0v) is 14.6. The number of nitrogens with two attached hydrogens (primary N) is 1. The first kappa shape index (κ1) is 18.8. The lowest BCUT2D eigenvalue weighted by Crippen LogP contribution is -2.26. The number of hydroxylamine groups is 1. The Balaban J connectivity index is 1.92. The fourth-order valence-corrected chi connectivity index (χ4v) is 2.74. The Kier molecular flexibility index (Phi) is 5.68. The third-order valence-electron chi connectivity index (χ3n) is 4.34. The third-order valence-corrected chi connectivity index (χ3v) is 4.34. The van der Waals surface area contributed by atoms with Crippen molar-refractivity contribution in [3.8, 4) is 0 Å². The first-order chi connectivity index (χ1) is 13.0. The van der Waals surface area contributed by atoms with Crippen molar-refractivity contribution in [1.82, 2.24) is 5.48 Å². The van der Waals surface area contributed by atoms with E-state index in [4.69, 9.17) is 21.1 Å². The van der Waals surface area contributed by atoms with E-state index in [0.717, 1.165) is 24.6 Å². The van der Waals surface area contributed by atoms with Gasteiger partial charge in [0, 0.05) is 11.8 Å². The zero-order valence-electron chi connectivity index (χ0n) is 14.6. The van der Waals surface area contributed by atoms with Gasteiger partial charge in [0.05, 0.1) is 35.8 Å². The molecule has 0 atom stereocenters. The first-order valence-corrected chi connectivity index (χ1v) is 8.57. The number of anilines is 3. The molecule has 0 unspecified atom stereocenters. The first-order valence-electron chi connectivity index (χ1n) is 8.57. The summed E-state index contributed by atoms with van der Waals surface area (Å²) in [6.07, 6.45) is 3.19. The number of halogens is 1. The van der Waals surface area contributed by atoms with Gasteiger partial charge in [0.25, 0.3) is 5.91 Å². The largest absolute Gasteiger partial charge is 0.396 e. The standard InChI is InChI=1S/C19H21FN4O3/c20-15-9-12(11-1-2-11)4-6-16(15)23-18-14(19(26)24-27-8-7-25)5-3-13(10-21)17(18)22/h3-6,9-11,21,23,25H,1-2,7-8,22H2,(H,24,26). The maximum Gasteiger partial charge on any atom is 0.277 e. The quantitative estimate of drug-likeness (QED) is 0.211. The molecule has 6 N–H and O–H groups in total. The van der Waals surface area contributed by atoms with Crippen molar-refractivity contribution < 1.29 is 19.1 Å². The van der Waals surface area contributed by atoms with E-state index in [1.807, 2.05) is 6.07 Å². The zero-order chi connectivity index (χ0) is 19.4. The Labute approximate surface area is 155 Å². The molecule has 1 aliphatic carbocycles. The predicted octanol–water partition coefficient (Wildman–Crippen LogP) is 2.68. The molecule has 0 spiro atoms. The molecule has 0 heterocycles. The molecule has 0 saturated heterocycles. The molecule has 2 aromatic rings. The van der Waals surface area contributed by atoms with Crippen molar-refractivity contribution in [2.45, 2.75) is 18.8 Å². The topological polar surface area (TPSA) is 120 Å². The van der Waals surface area contributed by atoms with Crippen LogP contribution in [0.5, 0.6) is 0 Å².